The highest BCUT2D eigenvalue weighted by atomic mass is 32.2. The number of esters is 1. The molecule has 2 N–H and O–H groups in total. The highest BCUT2D eigenvalue weighted by Crippen LogP contribution is 2.51. The number of hydrogen-bond acceptors (Lipinski definition) is 4. The lowest BCUT2D eigenvalue weighted by Crippen LogP contribution is -2.17. The van der Waals surface area contributed by atoms with Crippen molar-refractivity contribution in [3.8, 4) is 0 Å². The van der Waals surface area contributed by atoms with Crippen molar-refractivity contribution in [1.82, 2.24) is 0 Å². The number of nitrogens with two attached hydrogens (primary N) is 1. The van der Waals surface area contributed by atoms with Crippen LogP contribution in [-0.2, 0) is 14.3 Å². The second-order valence-corrected chi connectivity index (χ2v) is 4.70. The minimum absolute atomic E-state index is 0.0905. The SMILES string of the molecule is COC(=O)CC1(CSCC(N)=O)CC1. The van der Waals surface area contributed by atoms with Gasteiger partial charge in [0, 0.05) is 0 Å². The van der Waals surface area contributed by atoms with Gasteiger partial charge in [0.15, 0.2) is 0 Å². The quantitative estimate of drug-likeness (QED) is 0.660. The van der Waals surface area contributed by atoms with Gasteiger partial charge in [0.1, 0.15) is 0 Å². The zero-order chi connectivity index (χ0) is 10.6. The average molecular weight is 217 g/mol. The number of rotatable bonds is 6. The van der Waals surface area contributed by atoms with E-state index in [4.69, 9.17) is 5.73 Å². The van der Waals surface area contributed by atoms with Gasteiger partial charge in [0.05, 0.1) is 19.3 Å². The van der Waals surface area contributed by atoms with Gasteiger partial charge in [-0.2, -0.15) is 11.8 Å². The van der Waals surface area contributed by atoms with Crippen LogP contribution in [0.1, 0.15) is 19.3 Å². The van der Waals surface area contributed by atoms with Gasteiger partial charge in [-0.15, -0.1) is 0 Å². The summed E-state index contributed by atoms with van der Waals surface area (Å²) in [7, 11) is 1.40. The highest BCUT2D eigenvalue weighted by Gasteiger charge is 2.44. The van der Waals surface area contributed by atoms with Crippen LogP contribution in [0.25, 0.3) is 0 Å². The van der Waals surface area contributed by atoms with Crippen molar-refractivity contribution >= 4 is 23.6 Å². The van der Waals surface area contributed by atoms with Crippen molar-refractivity contribution < 1.29 is 14.3 Å². The minimum atomic E-state index is -0.302. The van der Waals surface area contributed by atoms with E-state index in [1.807, 2.05) is 0 Å². The largest absolute Gasteiger partial charge is 0.469 e. The molecule has 0 aromatic carbocycles. The summed E-state index contributed by atoms with van der Waals surface area (Å²) in [5.41, 5.74) is 5.11. The lowest BCUT2D eigenvalue weighted by atomic mass is 10.1. The number of hydrogen-bond donors (Lipinski definition) is 1. The van der Waals surface area contributed by atoms with E-state index in [9.17, 15) is 9.59 Å². The second kappa shape index (κ2) is 4.68. The second-order valence-electron chi connectivity index (χ2n) is 3.71. The third-order valence-electron chi connectivity index (χ3n) is 2.36. The predicted molar refractivity (Wildman–Crippen MR) is 54.8 cm³/mol. The fourth-order valence-corrected chi connectivity index (χ4v) is 2.42. The van der Waals surface area contributed by atoms with E-state index in [2.05, 4.69) is 4.74 Å². The zero-order valence-electron chi connectivity index (χ0n) is 8.25. The normalized spacial score (nSPS) is 17.5. The molecule has 1 aliphatic rings. The fraction of sp³-hybridized carbons (Fsp3) is 0.778. The molecular formula is C9H15NO3S. The highest BCUT2D eigenvalue weighted by molar-refractivity contribution is 7.99. The van der Waals surface area contributed by atoms with E-state index < -0.39 is 0 Å². The van der Waals surface area contributed by atoms with E-state index in [0.717, 1.165) is 18.6 Å². The Labute approximate surface area is 87.6 Å². The molecule has 1 saturated carbocycles. The van der Waals surface area contributed by atoms with Crippen LogP contribution in [0.5, 0.6) is 0 Å². The molecule has 14 heavy (non-hydrogen) atoms. The summed E-state index contributed by atoms with van der Waals surface area (Å²) >= 11 is 1.50. The maximum Gasteiger partial charge on any atom is 0.306 e. The van der Waals surface area contributed by atoms with E-state index in [-0.39, 0.29) is 17.3 Å². The number of carbonyl (C=O) groups excluding carboxylic acids is 2. The van der Waals surface area contributed by atoms with E-state index in [1.165, 1.54) is 18.9 Å². The lowest BCUT2D eigenvalue weighted by molar-refractivity contribution is -0.141. The molecule has 1 aliphatic carbocycles. The van der Waals surface area contributed by atoms with Crippen molar-refractivity contribution in [3.63, 3.8) is 0 Å². The van der Waals surface area contributed by atoms with Gasteiger partial charge in [-0.25, -0.2) is 0 Å². The van der Waals surface area contributed by atoms with Gasteiger partial charge in [0.2, 0.25) is 5.91 Å². The maximum absolute atomic E-state index is 11.0. The summed E-state index contributed by atoms with van der Waals surface area (Å²) in [6, 6.07) is 0. The van der Waals surface area contributed by atoms with Gasteiger partial charge < -0.3 is 10.5 Å². The zero-order valence-corrected chi connectivity index (χ0v) is 9.06. The number of thioether (sulfide) groups is 1. The minimum Gasteiger partial charge on any atom is -0.469 e. The molecule has 1 amide bonds. The Morgan fingerprint density at radius 1 is 1.50 bits per heavy atom. The van der Waals surface area contributed by atoms with Crippen LogP contribution < -0.4 is 5.73 Å². The summed E-state index contributed by atoms with van der Waals surface area (Å²) in [4.78, 5) is 21.5. The Kier molecular flexibility index (Phi) is 3.80. The van der Waals surface area contributed by atoms with Crippen molar-refractivity contribution in [2.24, 2.45) is 11.1 Å². The molecule has 0 heterocycles. The standard InChI is InChI=1S/C9H15NO3S/c1-13-8(12)4-9(2-3-9)6-14-5-7(10)11/h2-6H2,1H3,(H2,10,11). The van der Waals surface area contributed by atoms with Gasteiger partial charge in [-0.3, -0.25) is 9.59 Å². The van der Waals surface area contributed by atoms with Crippen LogP contribution in [-0.4, -0.2) is 30.5 Å². The first kappa shape index (κ1) is 11.4. The summed E-state index contributed by atoms with van der Waals surface area (Å²) in [6.45, 7) is 0. The average Bonchev–Trinajstić information content (AvgIpc) is 2.84. The summed E-state index contributed by atoms with van der Waals surface area (Å²) < 4.78 is 4.61. The molecule has 0 spiro atoms. The van der Waals surface area contributed by atoms with E-state index in [1.54, 1.807) is 0 Å². The van der Waals surface area contributed by atoms with Crippen LogP contribution in [0, 0.1) is 5.41 Å². The van der Waals surface area contributed by atoms with Crippen molar-refractivity contribution in [2.45, 2.75) is 19.3 Å². The van der Waals surface area contributed by atoms with Crippen LogP contribution in [0.4, 0.5) is 0 Å². The maximum atomic E-state index is 11.0. The number of methoxy groups -OCH3 is 1. The third kappa shape index (κ3) is 3.57. The molecule has 0 atom stereocenters. The fourth-order valence-electron chi connectivity index (χ4n) is 1.30. The Bertz CT molecular complexity index is 238. The lowest BCUT2D eigenvalue weighted by Gasteiger charge is -2.11. The van der Waals surface area contributed by atoms with E-state index in [0.29, 0.717) is 12.2 Å². The van der Waals surface area contributed by atoms with Gasteiger partial charge in [-0.1, -0.05) is 0 Å². The van der Waals surface area contributed by atoms with Gasteiger partial charge in [0.25, 0.3) is 0 Å². The first-order valence-electron chi connectivity index (χ1n) is 4.51. The molecule has 1 rings (SSSR count). The predicted octanol–water partition coefficient (Wildman–Crippen LogP) is 0.548. The molecule has 0 aromatic heterocycles. The van der Waals surface area contributed by atoms with Crippen molar-refractivity contribution in [2.75, 3.05) is 18.6 Å². The molecular weight excluding hydrogens is 202 g/mol. The molecule has 0 aliphatic heterocycles. The van der Waals surface area contributed by atoms with Crippen LogP contribution >= 0.6 is 11.8 Å². The summed E-state index contributed by atoms with van der Waals surface area (Å²) in [6.07, 6.45) is 2.57. The molecule has 1 fully saturated rings. The molecule has 5 heteroatoms. The molecule has 0 bridgehead atoms. The Balaban J connectivity index is 2.22. The Morgan fingerprint density at radius 3 is 2.57 bits per heavy atom. The molecule has 0 radical (unpaired) electrons. The van der Waals surface area contributed by atoms with Crippen LogP contribution in [0.2, 0.25) is 0 Å². The van der Waals surface area contributed by atoms with Crippen LogP contribution in [0.15, 0.2) is 0 Å². The number of amides is 1. The molecule has 4 nitrogen and oxygen atoms in total. The summed E-state index contributed by atoms with van der Waals surface area (Å²) in [5, 5.41) is 0. The van der Waals surface area contributed by atoms with Gasteiger partial charge in [-0.05, 0) is 24.0 Å². The number of primary amides is 1. The topological polar surface area (TPSA) is 69.4 Å². The Morgan fingerprint density at radius 2 is 2.14 bits per heavy atom. The van der Waals surface area contributed by atoms with Crippen LogP contribution in [0.3, 0.4) is 0 Å². The molecule has 0 unspecified atom stereocenters. The summed E-state index contributed by atoms with van der Waals surface area (Å²) in [5.74, 6) is 0.694. The monoisotopic (exact) mass is 217 g/mol. The molecule has 0 saturated heterocycles. The van der Waals surface area contributed by atoms with Crippen molar-refractivity contribution in [1.29, 1.82) is 0 Å². The third-order valence-corrected chi connectivity index (χ3v) is 3.66. The molecule has 80 valence electrons. The first-order chi connectivity index (χ1) is 6.58. The molecule has 0 aromatic rings. The van der Waals surface area contributed by atoms with E-state index >= 15 is 0 Å². The first-order valence-corrected chi connectivity index (χ1v) is 5.66. The van der Waals surface area contributed by atoms with Gasteiger partial charge >= 0.3 is 5.97 Å². The van der Waals surface area contributed by atoms with Crippen molar-refractivity contribution in [3.05, 3.63) is 0 Å². The number of carbonyl (C=O) groups is 2. The smallest absolute Gasteiger partial charge is 0.306 e. The number of ether oxygens (including phenoxy) is 1. The Hall–Kier alpha value is -0.710.